The molecule has 1 heterocycles. The number of aliphatic carboxylic acids is 1. The number of likely N-dealkylation sites (N-methyl/N-ethyl adjacent to an activating group) is 1. The third-order valence-corrected chi connectivity index (χ3v) is 3.30. The first-order chi connectivity index (χ1) is 10.5. The van der Waals surface area contributed by atoms with Crippen LogP contribution >= 0.6 is 0 Å². The number of hydrogen-bond acceptors (Lipinski definition) is 4. The first-order valence-electron chi connectivity index (χ1n) is 7.10. The molecule has 2 amide bonds. The standard InChI is InChI=1S/C15H18N2O5/c1-2-17-11-8-10(6-7-12(11)22-9-14(17)19)16-13(18)4-3-5-15(20)21/h6-8H,2-5,9H2,1H3,(H,16,18)(H,20,21). The lowest BCUT2D eigenvalue weighted by Gasteiger charge is -2.28. The summed E-state index contributed by atoms with van der Waals surface area (Å²) >= 11 is 0. The van der Waals surface area contributed by atoms with Crippen molar-refractivity contribution in [2.75, 3.05) is 23.4 Å². The van der Waals surface area contributed by atoms with Crippen molar-refractivity contribution in [3.8, 4) is 5.75 Å². The molecule has 2 rings (SSSR count). The van der Waals surface area contributed by atoms with Gasteiger partial charge in [-0.1, -0.05) is 0 Å². The van der Waals surface area contributed by atoms with Gasteiger partial charge in [-0.2, -0.15) is 0 Å². The fourth-order valence-corrected chi connectivity index (χ4v) is 2.25. The molecule has 22 heavy (non-hydrogen) atoms. The molecule has 0 radical (unpaired) electrons. The normalized spacial score (nSPS) is 13.3. The maximum absolute atomic E-state index is 11.8. The molecule has 0 atom stereocenters. The molecule has 0 unspecified atom stereocenters. The number of carboxylic acid groups (broad SMARTS) is 1. The molecular formula is C15H18N2O5. The Labute approximate surface area is 127 Å². The van der Waals surface area contributed by atoms with Gasteiger partial charge in [0, 0.05) is 25.1 Å². The zero-order valence-electron chi connectivity index (χ0n) is 12.3. The number of carboxylic acids is 1. The summed E-state index contributed by atoms with van der Waals surface area (Å²) in [7, 11) is 0. The fourth-order valence-electron chi connectivity index (χ4n) is 2.25. The predicted molar refractivity (Wildman–Crippen MR) is 80.1 cm³/mol. The predicted octanol–water partition coefficient (Wildman–Crippen LogP) is 1.63. The molecule has 1 aromatic carbocycles. The monoisotopic (exact) mass is 306 g/mol. The minimum atomic E-state index is -0.921. The van der Waals surface area contributed by atoms with Crippen LogP contribution in [0.1, 0.15) is 26.2 Å². The van der Waals surface area contributed by atoms with E-state index in [1.807, 2.05) is 6.92 Å². The van der Waals surface area contributed by atoms with Crippen molar-refractivity contribution in [1.82, 2.24) is 0 Å². The van der Waals surface area contributed by atoms with E-state index in [-0.39, 0.29) is 37.7 Å². The Kier molecular flexibility index (Phi) is 4.98. The Bertz CT molecular complexity index is 600. The number of rotatable bonds is 6. The third-order valence-electron chi connectivity index (χ3n) is 3.30. The number of amides is 2. The van der Waals surface area contributed by atoms with E-state index in [1.165, 1.54) is 0 Å². The van der Waals surface area contributed by atoms with Crippen molar-refractivity contribution in [2.45, 2.75) is 26.2 Å². The smallest absolute Gasteiger partial charge is 0.303 e. The molecule has 0 bridgehead atoms. The van der Waals surface area contributed by atoms with Crippen molar-refractivity contribution in [2.24, 2.45) is 0 Å². The van der Waals surface area contributed by atoms with Gasteiger partial charge in [-0.25, -0.2) is 0 Å². The fraction of sp³-hybridized carbons (Fsp3) is 0.400. The number of nitrogens with one attached hydrogen (secondary N) is 1. The Morgan fingerprint density at radius 3 is 2.82 bits per heavy atom. The minimum Gasteiger partial charge on any atom is -0.482 e. The van der Waals surface area contributed by atoms with Gasteiger partial charge in [0.05, 0.1) is 5.69 Å². The van der Waals surface area contributed by atoms with Gasteiger partial charge in [0.15, 0.2) is 6.61 Å². The third kappa shape index (κ3) is 3.75. The summed E-state index contributed by atoms with van der Waals surface area (Å²) < 4.78 is 5.35. The second-order valence-corrected chi connectivity index (χ2v) is 4.90. The van der Waals surface area contributed by atoms with Crippen LogP contribution in [-0.2, 0) is 14.4 Å². The molecule has 1 aromatic rings. The minimum absolute atomic E-state index is 0.0156. The summed E-state index contributed by atoms with van der Waals surface area (Å²) in [5.41, 5.74) is 1.18. The van der Waals surface area contributed by atoms with Crippen LogP contribution in [0.25, 0.3) is 0 Å². The van der Waals surface area contributed by atoms with E-state index in [0.29, 0.717) is 23.7 Å². The molecule has 1 aliphatic rings. The highest BCUT2D eigenvalue weighted by Crippen LogP contribution is 2.34. The highest BCUT2D eigenvalue weighted by atomic mass is 16.5. The second kappa shape index (κ2) is 6.93. The highest BCUT2D eigenvalue weighted by molar-refractivity contribution is 5.99. The van der Waals surface area contributed by atoms with E-state index < -0.39 is 5.97 Å². The molecule has 118 valence electrons. The number of ether oxygens (including phenoxy) is 1. The van der Waals surface area contributed by atoms with Crippen LogP contribution in [0.3, 0.4) is 0 Å². The molecule has 0 spiro atoms. The molecule has 7 heteroatoms. The molecule has 7 nitrogen and oxygen atoms in total. The lowest BCUT2D eigenvalue weighted by atomic mass is 10.2. The number of carbonyl (C=O) groups is 3. The number of fused-ring (bicyclic) bond motifs is 1. The van der Waals surface area contributed by atoms with Gasteiger partial charge in [0.25, 0.3) is 5.91 Å². The number of anilines is 2. The van der Waals surface area contributed by atoms with Crippen molar-refractivity contribution in [3.05, 3.63) is 18.2 Å². The van der Waals surface area contributed by atoms with Crippen molar-refractivity contribution < 1.29 is 24.2 Å². The van der Waals surface area contributed by atoms with E-state index in [2.05, 4.69) is 5.32 Å². The lowest BCUT2D eigenvalue weighted by molar-refractivity contribution is -0.137. The van der Waals surface area contributed by atoms with Gasteiger partial charge in [-0.3, -0.25) is 14.4 Å². The van der Waals surface area contributed by atoms with Crippen LogP contribution in [-0.4, -0.2) is 36.0 Å². The van der Waals surface area contributed by atoms with Crippen LogP contribution in [0.5, 0.6) is 5.75 Å². The van der Waals surface area contributed by atoms with Gasteiger partial charge >= 0.3 is 5.97 Å². The van der Waals surface area contributed by atoms with E-state index >= 15 is 0 Å². The largest absolute Gasteiger partial charge is 0.482 e. The van der Waals surface area contributed by atoms with Gasteiger partial charge in [-0.15, -0.1) is 0 Å². The zero-order chi connectivity index (χ0) is 16.1. The quantitative estimate of drug-likeness (QED) is 0.832. The Balaban J connectivity index is 2.04. The van der Waals surface area contributed by atoms with Crippen molar-refractivity contribution in [1.29, 1.82) is 0 Å². The van der Waals surface area contributed by atoms with Gasteiger partial charge in [0.2, 0.25) is 5.91 Å². The number of benzene rings is 1. The first-order valence-corrected chi connectivity index (χ1v) is 7.10. The van der Waals surface area contributed by atoms with E-state index in [0.717, 1.165) is 0 Å². The van der Waals surface area contributed by atoms with Crippen LogP contribution < -0.4 is 15.0 Å². The molecule has 0 saturated carbocycles. The summed E-state index contributed by atoms with van der Waals surface area (Å²) in [6, 6.07) is 5.08. The number of nitrogens with zero attached hydrogens (tertiary/aromatic N) is 1. The number of hydrogen-bond donors (Lipinski definition) is 2. The second-order valence-electron chi connectivity index (χ2n) is 4.90. The van der Waals surface area contributed by atoms with E-state index in [1.54, 1.807) is 23.1 Å². The SMILES string of the molecule is CCN1C(=O)COc2ccc(NC(=O)CCCC(=O)O)cc21. The maximum atomic E-state index is 11.8. The van der Waals surface area contributed by atoms with Crippen LogP contribution in [0.2, 0.25) is 0 Å². The molecular weight excluding hydrogens is 288 g/mol. The maximum Gasteiger partial charge on any atom is 0.303 e. The molecule has 0 aliphatic carbocycles. The summed E-state index contributed by atoms with van der Waals surface area (Å²) in [5.74, 6) is -0.701. The van der Waals surface area contributed by atoms with Crippen LogP contribution in [0.15, 0.2) is 18.2 Å². The lowest BCUT2D eigenvalue weighted by Crippen LogP contribution is -2.38. The molecule has 2 N–H and O–H groups in total. The Morgan fingerprint density at radius 1 is 1.36 bits per heavy atom. The summed E-state index contributed by atoms with van der Waals surface area (Å²) in [6.07, 6.45) is 0.384. The summed E-state index contributed by atoms with van der Waals surface area (Å²) in [6.45, 7) is 2.40. The average Bonchev–Trinajstić information content (AvgIpc) is 2.46. The van der Waals surface area contributed by atoms with E-state index in [4.69, 9.17) is 9.84 Å². The topological polar surface area (TPSA) is 95.9 Å². The van der Waals surface area contributed by atoms with Gasteiger partial charge < -0.3 is 20.1 Å². The van der Waals surface area contributed by atoms with Crippen LogP contribution in [0, 0.1) is 0 Å². The van der Waals surface area contributed by atoms with Crippen LogP contribution in [0.4, 0.5) is 11.4 Å². The molecule has 1 aliphatic heterocycles. The molecule has 0 saturated heterocycles. The average molecular weight is 306 g/mol. The van der Waals surface area contributed by atoms with E-state index in [9.17, 15) is 14.4 Å². The van der Waals surface area contributed by atoms with Gasteiger partial charge in [0.1, 0.15) is 5.75 Å². The van der Waals surface area contributed by atoms with Gasteiger partial charge in [-0.05, 0) is 31.5 Å². The molecule has 0 fully saturated rings. The summed E-state index contributed by atoms with van der Waals surface area (Å²) in [5, 5.41) is 11.2. The number of carbonyl (C=O) groups excluding carboxylic acids is 2. The van der Waals surface area contributed by atoms with Crippen molar-refractivity contribution in [3.63, 3.8) is 0 Å². The summed E-state index contributed by atoms with van der Waals surface area (Å²) in [4.78, 5) is 35.6. The van der Waals surface area contributed by atoms with Crippen molar-refractivity contribution >= 4 is 29.2 Å². The highest BCUT2D eigenvalue weighted by Gasteiger charge is 2.24. The molecule has 0 aromatic heterocycles. The Morgan fingerprint density at radius 2 is 2.14 bits per heavy atom. The first kappa shape index (κ1) is 15.8. The zero-order valence-corrected chi connectivity index (χ0v) is 12.3. The Hall–Kier alpha value is -2.57.